The van der Waals surface area contributed by atoms with Crippen LogP contribution in [0.2, 0.25) is 0 Å². The molecule has 0 aliphatic rings. The van der Waals surface area contributed by atoms with Crippen molar-refractivity contribution in [3.63, 3.8) is 0 Å². The molecule has 0 aliphatic heterocycles. The number of amides is 1. The second-order valence-electron chi connectivity index (χ2n) is 3.77. The van der Waals surface area contributed by atoms with Crippen LogP contribution in [0, 0.1) is 0 Å². The summed E-state index contributed by atoms with van der Waals surface area (Å²) in [5, 5.41) is 11.4. The third-order valence-corrected chi connectivity index (χ3v) is 2.08. The van der Waals surface area contributed by atoms with Gasteiger partial charge in [0.05, 0.1) is 5.56 Å². The van der Waals surface area contributed by atoms with Crippen LogP contribution in [0.1, 0.15) is 23.7 Å². The van der Waals surface area contributed by atoms with Crippen molar-refractivity contribution < 1.29 is 14.7 Å². The third-order valence-electron chi connectivity index (χ3n) is 2.08. The Hall–Kier alpha value is -2.17. The molecular formula is C12H14N2O3. The summed E-state index contributed by atoms with van der Waals surface area (Å²) in [6.07, 6.45) is 3.13. The highest BCUT2D eigenvalue weighted by Crippen LogP contribution is 2.04. The lowest BCUT2D eigenvalue weighted by Gasteiger charge is -2.14. The number of aromatic nitrogens is 1. The van der Waals surface area contributed by atoms with Crippen LogP contribution in [-0.4, -0.2) is 28.0 Å². The molecule has 0 spiro atoms. The van der Waals surface area contributed by atoms with Crippen molar-refractivity contribution in [1.82, 2.24) is 10.3 Å². The first-order chi connectivity index (χ1) is 8.00. The molecule has 0 unspecified atom stereocenters. The third kappa shape index (κ3) is 4.06. The first-order valence-corrected chi connectivity index (χ1v) is 5.08. The minimum atomic E-state index is -1.08. The highest BCUT2D eigenvalue weighted by Gasteiger charge is 2.20. The van der Waals surface area contributed by atoms with Crippen molar-refractivity contribution >= 4 is 11.9 Å². The Labute approximate surface area is 99.2 Å². The van der Waals surface area contributed by atoms with E-state index in [4.69, 9.17) is 5.11 Å². The van der Waals surface area contributed by atoms with Gasteiger partial charge in [-0.15, -0.1) is 6.58 Å². The average molecular weight is 234 g/mol. The molecule has 0 bridgehead atoms. The summed E-state index contributed by atoms with van der Waals surface area (Å²) >= 11 is 0. The van der Waals surface area contributed by atoms with Gasteiger partial charge in [0, 0.05) is 12.4 Å². The number of carbonyl (C=O) groups excluding carboxylic acids is 1. The summed E-state index contributed by atoms with van der Waals surface area (Å²) in [4.78, 5) is 26.4. The number of carboxylic acid groups (broad SMARTS) is 1. The molecule has 1 amide bonds. The van der Waals surface area contributed by atoms with Crippen molar-refractivity contribution in [2.75, 3.05) is 0 Å². The van der Waals surface area contributed by atoms with E-state index in [1.165, 1.54) is 6.20 Å². The van der Waals surface area contributed by atoms with E-state index in [1.54, 1.807) is 25.3 Å². The number of pyridine rings is 1. The lowest BCUT2D eigenvalue weighted by Crippen LogP contribution is -2.40. The number of carboxylic acids is 1. The van der Waals surface area contributed by atoms with Crippen molar-refractivity contribution in [2.45, 2.75) is 19.4 Å². The molecule has 1 atom stereocenters. The standard InChI is InChI=1S/C12H14N2O3/c1-8(2)6-10(12(16)17)14-11(15)9-4-3-5-13-7-9/h3-5,7,10H,1,6H2,2H3,(H,14,15)(H,16,17)/t10-/m0/s1. The molecular weight excluding hydrogens is 220 g/mol. The highest BCUT2D eigenvalue weighted by atomic mass is 16.4. The molecule has 0 saturated heterocycles. The van der Waals surface area contributed by atoms with E-state index in [2.05, 4.69) is 16.9 Å². The number of carbonyl (C=O) groups is 2. The number of nitrogens with one attached hydrogen (secondary N) is 1. The van der Waals surface area contributed by atoms with E-state index in [0.717, 1.165) is 0 Å². The van der Waals surface area contributed by atoms with Gasteiger partial charge in [0.25, 0.3) is 5.91 Å². The smallest absolute Gasteiger partial charge is 0.326 e. The van der Waals surface area contributed by atoms with E-state index < -0.39 is 17.9 Å². The van der Waals surface area contributed by atoms with Crippen molar-refractivity contribution in [3.8, 4) is 0 Å². The van der Waals surface area contributed by atoms with E-state index in [9.17, 15) is 9.59 Å². The van der Waals surface area contributed by atoms with Gasteiger partial charge in [-0.2, -0.15) is 0 Å². The van der Waals surface area contributed by atoms with E-state index in [-0.39, 0.29) is 6.42 Å². The monoisotopic (exact) mass is 234 g/mol. The first-order valence-electron chi connectivity index (χ1n) is 5.08. The molecule has 17 heavy (non-hydrogen) atoms. The molecule has 1 aromatic heterocycles. The van der Waals surface area contributed by atoms with Gasteiger partial charge >= 0.3 is 5.97 Å². The minimum absolute atomic E-state index is 0.210. The fourth-order valence-corrected chi connectivity index (χ4v) is 1.29. The van der Waals surface area contributed by atoms with Gasteiger partial charge in [0.15, 0.2) is 0 Å². The summed E-state index contributed by atoms with van der Waals surface area (Å²) in [5.41, 5.74) is 1.03. The summed E-state index contributed by atoms with van der Waals surface area (Å²) in [5.74, 6) is -1.53. The Morgan fingerprint density at radius 3 is 2.76 bits per heavy atom. The molecule has 2 N–H and O–H groups in total. The SMILES string of the molecule is C=C(C)C[C@H](NC(=O)c1cccnc1)C(=O)O. The van der Waals surface area contributed by atoms with Crippen molar-refractivity contribution in [2.24, 2.45) is 0 Å². The molecule has 5 nitrogen and oxygen atoms in total. The molecule has 5 heteroatoms. The molecule has 90 valence electrons. The quantitative estimate of drug-likeness (QED) is 0.751. The van der Waals surface area contributed by atoms with E-state index >= 15 is 0 Å². The maximum Gasteiger partial charge on any atom is 0.326 e. The van der Waals surface area contributed by atoms with Gasteiger partial charge in [-0.1, -0.05) is 5.57 Å². The number of rotatable bonds is 5. The van der Waals surface area contributed by atoms with Gasteiger partial charge < -0.3 is 10.4 Å². The Balaban J connectivity index is 2.71. The lowest BCUT2D eigenvalue weighted by atomic mass is 10.1. The van der Waals surface area contributed by atoms with Crippen LogP contribution in [0.15, 0.2) is 36.7 Å². The molecule has 0 aliphatic carbocycles. The summed E-state index contributed by atoms with van der Waals surface area (Å²) in [7, 11) is 0. The topological polar surface area (TPSA) is 79.3 Å². The van der Waals surface area contributed by atoms with Crippen LogP contribution < -0.4 is 5.32 Å². The van der Waals surface area contributed by atoms with Crippen LogP contribution >= 0.6 is 0 Å². The Kier molecular flexibility index (Phi) is 4.39. The van der Waals surface area contributed by atoms with Crippen LogP contribution in [0.5, 0.6) is 0 Å². The number of hydrogen-bond donors (Lipinski definition) is 2. The second-order valence-corrected chi connectivity index (χ2v) is 3.77. The predicted octanol–water partition coefficient (Wildman–Crippen LogP) is 1.23. The number of nitrogens with zero attached hydrogens (tertiary/aromatic N) is 1. The number of hydrogen-bond acceptors (Lipinski definition) is 3. The van der Waals surface area contributed by atoms with E-state index in [1.807, 2.05) is 0 Å². The summed E-state index contributed by atoms with van der Waals surface area (Å²) in [6, 6.07) is 2.23. The highest BCUT2D eigenvalue weighted by molar-refractivity contribution is 5.96. The average Bonchev–Trinajstić information content (AvgIpc) is 2.28. The van der Waals surface area contributed by atoms with Crippen LogP contribution in [0.25, 0.3) is 0 Å². The Morgan fingerprint density at radius 2 is 2.29 bits per heavy atom. The van der Waals surface area contributed by atoms with Gasteiger partial charge in [-0.25, -0.2) is 4.79 Å². The molecule has 1 aromatic rings. The maximum atomic E-state index is 11.7. The fourth-order valence-electron chi connectivity index (χ4n) is 1.29. The van der Waals surface area contributed by atoms with Gasteiger partial charge in [-0.3, -0.25) is 9.78 Å². The molecule has 1 heterocycles. The van der Waals surface area contributed by atoms with Crippen LogP contribution in [-0.2, 0) is 4.79 Å². The van der Waals surface area contributed by atoms with Crippen molar-refractivity contribution in [3.05, 3.63) is 42.2 Å². The molecule has 0 aromatic carbocycles. The first kappa shape index (κ1) is 12.9. The summed E-state index contributed by atoms with van der Waals surface area (Å²) in [6.45, 7) is 5.34. The molecule has 0 saturated carbocycles. The minimum Gasteiger partial charge on any atom is -0.480 e. The molecule has 0 radical (unpaired) electrons. The van der Waals surface area contributed by atoms with Gasteiger partial charge in [-0.05, 0) is 25.5 Å². The van der Waals surface area contributed by atoms with Gasteiger partial charge in [0.2, 0.25) is 0 Å². The summed E-state index contributed by atoms with van der Waals surface area (Å²) < 4.78 is 0. The zero-order valence-electron chi connectivity index (χ0n) is 9.51. The molecule has 0 fully saturated rings. The lowest BCUT2D eigenvalue weighted by molar-refractivity contribution is -0.139. The van der Waals surface area contributed by atoms with Crippen LogP contribution in [0.4, 0.5) is 0 Å². The van der Waals surface area contributed by atoms with Crippen molar-refractivity contribution in [1.29, 1.82) is 0 Å². The largest absolute Gasteiger partial charge is 0.480 e. The van der Waals surface area contributed by atoms with Gasteiger partial charge in [0.1, 0.15) is 6.04 Å². The Bertz CT molecular complexity index is 429. The second kappa shape index (κ2) is 5.79. The van der Waals surface area contributed by atoms with Crippen LogP contribution in [0.3, 0.4) is 0 Å². The molecule has 1 rings (SSSR count). The zero-order chi connectivity index (χ0) is 12.8. The predicted molar refractivity (Wildman–Crippen MR) is 62.6 cm³/mol. The van der Waals surface area contributed by atoms with E-state index in [0.29, 0.717) is 11.1 Å². The fraction of sp³-hybridized carbons (Fsp3) is 0.250. The normalized spacial score (nSPS) is 11.6. The Morgan fingerprint density at radius 1 is 1.59 bits per heavy atom. The zero-order valence-corrected chi connectivity index (χ0v) is 9.51. The maximum absolute atomic E-state index is 11.7. The number of aliphatic carboxylic acids is 1.